The monoisotopic (exact) mass is 417 g/mol. The number of hydrogen-bond donors (Lipinski definition) is 1. The number of rotatable bonds is 7. The summed E-state index contributed by atoms with van der Waals surface area (Å²) in [4.78, 5) is 23.5. The maximum atomic E-state index is 13.5. The van der Waals surface area contributed by atoms with E-state index < -0.39 is 12.2 Å². The molecule has 2 heterocycles. The van der Waals surface area contributed by atoms with E-state index in [4.69, 9.17) is 14.8 Å². The molecule has 1 aromatic rings. The first-order valence-corrected chi connectivity index (χ1v) is 10.2. The molecule has 8 nitrogen and oxygen atoms in total. The van der Waals surface area contributed by atoms with Crippen LogP contribution < -0.4 is 10.1 Å². The topological polar surface area (TPSA) is 99.8 Å². The summed E-state index contributed by atoms with van der Waals surface area (Å²) in [5.74, 6) is 0.321. The van der Waals surface area contributed by atoms with Crippen LogP contribution in [0, 0.1) is 11.3 Å². The van der Waals surface area contributed by atoms with Crippen molar-refractivity contribution in [2.24, 2.45) is 5.16 Å². The lowest BCUT2D eigenvalue weighted by Gasteiger charge is -2.37. The van der Waals surface area contributed by atoms with Gasteiger partial charge >= 0.3 is 0 Å². The van der Waals surface area contributed by atoms with Crippen molar-refractivity contribution >= 4 is 12.1 Å². The minimum atomic E-state index is -1.11. The highest BCUT2D eigenvalue weighted by atomic mass is 19.1. The molecule has 1 saturated carbocycles. The molecule has 1 saturated heterocycles. The molecule has 0 aromatic carbocycles. The Labute approximate surface area is 176 Å². The van der Waals surface area contributed by atoms with Gasteiger partial charge in [0.2, 0.25) is 11.8 Å². The number of alkyl halides is 1. The van der Waals surface area contributed by atoms with E-state index >= 15 is 0 Å². The SMILES string of the molecule is COc1ccc(/C=N/OC2CCC(C)(NCC(=O)N3C[C@@H](F)C[C@H]3C#N)CC2)cn1. The maximum Gasteiger partial charge on any atom is 0.237 e. The zero-order valence-corrected chi connectivity index (χ0v) is 17.4. The van der Waals surface area contributed by atoms with Crippen molar-refractivity contribution in [1.29, 1.82) is 5.26 Å². The minimum absolute atomic E-state index is 0.00703. The molecule has 1 N–H and O–H groups in total. The fraction of sp³-hybridized carbons (Fsp3) is 0.619. The normalized spacial score (nSPS) is 29.0. The molecule has 3 rings (SSSR count). The van der Waals surface area contributed by atoms with Crippen LogP contribution in [0.25, 0.3) is 0 Å². The van der Waals surface area contributed by atoms with Crippen LogP contribution in [0.15, 0.2) is 23.5 Å². The maximum absolute atomic E-state index is 13.5. The quantitative estimate of drug-likeness (QED) is 0.539. The van der Waals surface area contributed by atoms with Crippen LogP contribution in [0.2, 0.25) is 0 Å². The van der Waals surface area contributed by atoms with Crippen LogP contribution in [0.5, 0.6) is 5.88 Å². The number of pyridine rings is 1. The van der Waals surface area contributed by atoms with Gasteiger partial charge in [-0.25, -0.2) is 9.37 Å². The molecule has 2 aliphatic rings. The summed E-state index contributed by atoms with van der Waals surface area (Å²) in [6.45, 7) is 2.19. The average Bonchev–Trinajstić information content (AvgIpc) is 3.15. The second kappa shape index (κ2) is 9.85. The molecular formula is C21H28FN5O3. The Balaban J connectivity index is 1.41. The third kappa shape index (κ3) is 5.66. The Morgan fingerprint density at radius 3 is 2.90 bits per heavy atom. The predicted molar refractivity (Wildman–Crippen MR) is 109 cm³/mol. The number of ether oxygens (including phenoxy) is 1. The van der Waals surface area contributed by atoms with E-state index in [1.807, 2.05) is 12.1 Å². The third-order valence-corrected chi connectivity index (χ3v) is 5.80. The molecule has 2 atom stereocenters. The van der Waals surface area contributed by atoms with Gasteiger partial charge in [-0.15, -0.1) is 0 Å². The number of halogens is 1. The zero-order chi connectivity index (χ0) is 21.6. The number of hydrogen-bond acceptors (Lipinski definition) is 7. The number of nitriles is 1. The minimum Gasteiger partial charge on any atom is -0.481 e. The van der Waals surface area contributed by atoms with Crippen LogP contribution in [-0.4, -0.2) is 66.1 Å². The standard InChI is InChI=1S/C21H28FN5O3/c1-21(25-13-20(28)27-14-16(22)9-17(27)10-23)7-5-18(6-8-21)30-26-12-15-3-4-19(29-2)24-11-15/h3-4,11-12,16-18,25H,5-9,13-14H2,1-2H3/b26-12+/t16-,17-,18?,21?/m0/s1. The van der Waals surface area contributed by atoms with Crippen LogP contribution in [-0.2, 0) is 9.63 Å². The van der Waals surface area contributed by atoms with Gasteiger partial charge in [-0.05, 0) is 38.7 Å². The highest BCUT2D eigenvalue weighted by Crippen LogP contribution is 2.30. The largest absolute Gasteiger partial charge is 0.481 e. The number of methoxy groups -OCH3 is 1. The number of carbonyl (C=O) groups excluding carboxylic acids is 1. The molecule has 162 valence electrons. The first-order chi connectivity index (χ1) is 14.4. The number of likely N-dealkylation sites (tertiary alicyclic amines) is 1. The summed E-state index contributed by atoms with van der Waals surface area (Å²) in [5.41, 5.74) is 0.626. The number of nitrogens with one attached hydrogen (secondary N) is 1. The van der Waals surface area contributed by atoms with Crippen molar-refractivity contribution in [1.82, 2.24) is 15.2 Å². The Morgan fingerprint density at radius 2 is 2.27 bits per heavy atom. The zero-order valence-electron chi connectivity index (χ0n) is 17.4. The average molecular weight is 417 g/mol. The van der Waals surface area contributed by atoms with Crippen LogP contribution in [0.4, 0.5) is 4.39 Å². The molecular weight excluding hydrogens is 389 g/mol. The Morgan fingerprint density at radius 1 is 1.50 bits per heavy atom. The second-order valence-electron chi connectivity index (χ2n) is 8.11. The van der Waals surface area contributed by atoms with Crippen LogP contribution in [0.3, 0.4) is 0 Å². The van der Waals surface area contributed by atoms with E-state index in [-0.39, 0.29) is 37.1 Å². The molecule has 30 heavy (non-hydrogen) atoms. The summed E-state index contributed by atoms with van der Waals surface area (Å²) in [6.07, 6.45) is 5.58. The van der Waals surface area contributed by atoms with Gasteiger partial charge in [0.1, 0.15) is 18.3 Å². The molecule has 2 fully saturated rings. The lowest BCUT2D eigenvalue weighted by molar-refractivity contribution is -0.130. The Kier molecular flexibility index (Phi) is 7.21. The molecule has 0 radical (unpaired) electrons. The molecule has 1 aliphatic carbocycles. The van der Waals surface area contributed by atoms with Crippen molar-refractivity contribution in [2.45, 2.75) is 62.9 Å². The fourth-order valence-electron chi connectivity index (χ4n) is 3.85. The van der Waals surface area contributed by atoms with Gasteiger partial charge in [0, 0.05) is 29.8 Å². The number of nitrogens with zero attached hydrogens (tertiary/aromatic N) is 4. The van der Waals surface area contributed by atoms with Gasteiger partial charge < -0.3 is 19.8 Å². The molecule has 1 aromatic heterocycles. The fourth-order valence-corrected chi connectivity index (χ4v) is 3.85. The van der Waals surface area contributed by atoms with Gasteiger partial charge in [-0.2, -0.15) is 5.26 Å². The van der Waals surface area contributed by atoms with Gasteiger partial charge in [-0.3, -0.25) is 4.79 Å². The predicted octanol–water partition coefficient (Wildman–Crippen LogP) is 2.19. The van der Waals surface area contributed by atoms with E-state index in [9.17, 15) is 9.18 Å². The number of carbonyl (C=O) groups is 1. The number of amides is 1. The van der Waals surface area contributed by atoms with Crippen molar-refractivity contribution < 1.29 is 18.8 Å². The van der Waals surface area contributed by atoms with Crippen molar-refractivity contribution in [3.05, 3.63) is 23.9 Å². The highest BCUT2D eigenvalue weighted by Gasteiger charge is 2.37. The molecule has 0 spiro atoms. The highest BCUT2D eigenvalue weighted by molar-refractivity contribution is 5.79. The molecule has 0 unspecified atom stereocenters. The summed E-state index contributed by atoms with van der Waals surface area (Å²) in [7, 11) is 1.57. The van der Waals surface area contributed by atoms with E-state index in [0.29, 0.717) is 5.88 Å². The van der Waals surface area contributed by atoms with Crippen molar-refractivity contribution in [2.75, 3.05) is 20.2 Å². The van der Waals surface area contributed by atoms with Gasteiger partial charge in [0.15, 0.2) is 0 Å². The third-order valence-electron chi connectivity index (χ3n) is 5.80. The summed E-state index contributed by atoms with van der Waals surface area (Å²) in [5, 5.41) is 16.5. The van der Waals surface area contributed by atoms with Gasteiger partial charge in [0.25, 0.3) is 0 Å². The smallest absolute Gasteiger partial charge is 0.237 e. The van der Waals surface area contributed by atoms with E-state index in [1.54, 1.807) is 25.6 Å². The first kappa shape index (κ1) is 22.0. The molecule has 1 aliphatic heterocycles. The summed E-state index contributed by atoms with van der Waals surface area (Å²) >= 11 is 0. The van der Waals surface area contributed by atoms with Gasteiger partial charge in [-0.1, -0.05) is 5.16 Å². The van der Waals surface area contributed by atoms with Gasteiger partial charge in [0.05, 0.1) is 32.5 Å². The van der Waals surface area contributed by atoms with Crippen LogP contribution >= 0.6 is 0 Å². The summed E-state index contributed by atoms with van der Waals surface area (Å²) in [6, 6.07) is 4.96. The summed E-state index contributed by atoms with van der Waals surface area (Å²) < 4.78 is 18.5. The Bertz CT molecular complexity index is 787. The van der Waals surface area contributed by atoms with E-state index in [0.717, 1.165) is 31.2 Å². The lowest BCUT2D eigenvalue weighted by atomic mass is 9.82. The first-order valence-electron chi connectivity index (χ1n) is 10.2. The van der Waals surface area contributed by atoms with Crippen molar-refractivity contribution in [3.63, 3.8) is 0 Å². The van der Waals surface area contributed by atoms with Crippen molar-refractivity contribution in [3.8, 4) is 11.9 Å². The van der Waals surface area contributed by atoms with E-state index in [1.165, 1.54) is 4.90 Å². The second-order valence-corrected chi connectivity index (χ2v) is 8.11. The Hall–Kier alpha value is -2.73. The lowest BCUT2D eigenvalue weighted by Crippen LogP contribution is -2.51. The molecule has 0 bridgehead atoms. The van der Waals surface area contributed by atoms with E-state index in [2.05, 4.69) is 22.4 Å². The molecule has 9 heteroatoms. The van der Waals surface area contributed by atoms with Crippen LogP contribution in [0.1, 0.15) is 44.6 Å². The number of oxime groups is 1. The molecule has 1 amide bonds. The number of aromatic nitrogens is 1.